The first-order valence-electron chi connectivity index (χ1n) is 7.02. The Morgan fingerprint density at radius 2 is 2.32 bits per heavy atom. The first-order valence-corrected chi connectivity index (χ1v) is 8.97. The summed E-state index contributed by atoms with van der Waals surface area (Å²) in [6.07, 6.45) is 2.48. The fourth-order valence-electron chi connectivity index (χ4n) is 2.38. The molecular formula is C15H23BrN2S. The number of rotatable bonds is 6. The third-order valence-electron chi connectivity index (χ3n) is 3.60. The largest absolute Gasteiger partial charge is 0.370 e. The monoisotopic (exact) mass is 342 g/mol. The summed E-state index contributed by atoms with van der Waals surface area (Å²) in [7, 11) is 2.21. The number of hydrogen-bond acceptors (Lipinski definition) is 3. The molecule has 19 heavy (non-hydrogen) atoms. The molecule has 0 saturated carbocycles. The molecule has 1 aliphatic rings. The van der Waals surface area contributed by atoms with Gasteiger partial charge < -0.3 is 10.2 Å². The van der Waals surface area contributed by atoms with Gasteiger partial charge in [-0.15, -0.1) is 0 Å². The molecule has 0 aromatic heterocycles. The highest BCUT2D eigenvalue weighted by Crippen LogP contribution is 2.31. The molecule has 1 atom stereocenters. The van der Waals surface area contributed by atoms with Crippen molar-refractivity contribution in [3.05, 3.63) is 28.2 Å². The van der Waals surface area contributed by atoms with Gasteiger partial charge in [0.05, 0.1) is 5.69 Å². The second kappa shape index (κ2) is 7.55. The molecule has 1 unspecified atom stereocenters. The van der Waals surface area contributed by atoms with E-state index < -0.39 is 0 Å². The Morgan fingerprint density at radius 3 is 2.95 bits per heavy atom. The van der Waals surface area contributed by atoms with Crippen LogP contribution >= 0.6 is 27.7 Å². The minimum absolute atomic E-state index is 0.686. The zero-order valence-electron chi connectivity index (χ0n) is 11.8. The zero-order chi connectivity index (χ0) is 13.7. The summed E-state index contributed by atoms with van der Waals surface area (Å²) in [5.41, 5.74) is 2.66. The van der Waals surface area contributed by atoms with Crippen molar-refractivity contribution in [2.24, 2.45) is 0 Å². The first-order chi connectivity index (χ1) is 9.22. The predicted molar refractivity (Wildman–Crippen MR) is 90.3 cm³/mol. The van der Waals surface area contributed by atoms with Crippen LogP contribution in [0.3, 0.4) is 0 Å². The van der Waals surface area contributed by atoms with Crippen molar-refractivity contribution in [1.82, 2.24) is 5.32 Å². The van der Waals surface area contributed by atoms with Crippen molar-refractivity contribution in [3.63, 3.8) is 0 Å². The van der Waals surface area contributed by atoms with E-state index in [1.54, 1.807) is 0 Å². The molecule has 1 N–H and O–H groups in total. The van der Waals surface area contributed by atoms with Gasteiger partial charge in [-0.3, -0.25) is 0 Å². The molecule has 0 aliphatic carbocycles. The molecular weight excluding hydrogens is 320 g/mol. The van der Waals surface area contributed by atoms with Crippen LogP contribution in [0.4, 0.5) is 5.69 Å². The van der Waals surface area contributed by atoms with Crippen molar-refractivity contribution in [2.75, 3.05) is 30.0 Å². The normalized spacial score (nSPS) is 18.8. The molecule has 0 spiro atoms. The number of hydrogen-bond donors (Lipinski definition) is 1. The van der Waals surface area contributed by atoms with Crippen molar-refractivity contribution in [2.45, 2.75) is 32.4 Å². The van der Waals surface area contributed by atoms with Gasteiger partial charge in [-0.1, -0.05) is 13.0 Å². The zero-order valence-corrected chi connectivity index (χ0v) is 14.2. The number of anilines is 1. The third-order valence-corrected chi connectivity index (χ3v) is 5.38. The van der Waals surface area contributed by atoms with E-state index in [1.165, 1.54) is 40.1 Å². The number of benzene rings is 1. The van der Waals surface area contributed by atoms with Crippen molar-refractivity contribution >= 4 is 33.4 Å². The quantitative estimate of drug-likeness (QED) is 0.789. The van der Waals surface area contributed by atoms with Crippen LogP contribution in [0.2, 0.25) is 0 Å². The van der Waals surface area contributed by atoms with Gasteiger partial charge in [-0.2, -0.15) is 11.8 Å². The molecule has 0 radical (unpaired) electrons. The molecule has 1 aromatic carbocycles. The Morgan fingerprint density at radius 1 is 1.47 bits per heavy atom. The van der Waals surface area contributed by atoms with Crippen LogP contribution in [-0.2, 0) is 6.54 Å². The van der Waals surface area contributed by atoms with E-state index in [0.29, 0.717) is 6.04 Å². The van der Waals surface area contributed by atoms with Crippen LogP contribution in [-0.4, -0.2) is 31.1 Å². The molecule has 1 saturated heterocycles. The van der Waals surface area contributed by atoms with E-state index in [4.69, 9.17) is 0 Å². The highest BCUT2D eigenvalue weighted by molar-refractivity contribution is 9.10. The van der Waals surface area contributed by atoms with Gasteiger partial charge in [-0.05, 0) is 58.8 Å². The van der Waals surface area contributed by atoms with Crippen LogP contribution in [0.5, 0.6) is 0 Å². The van der Waals surface area contributed by atoms with Gasteiger partial charge in [0.2, 0.25) is 0 Å². The van der Waals surface area contributed by atoms with Crippen LogP contribution in [0.25, 0.3) is 0 Å². The smallest absolute Gasteiger partial charge is 0.0511 e. The van der Waals surface area contributed by atoms with Crippen molar-refractivity contribution < 1.29 is 0 Å². The molecule has 2 nitrogen and oxygen atoms in total. The van der Waals surface area contributed by atoms with Crippen molar-refractivity contribution in [3.8, 4) is 0 Å². The minimum Gasteiger partial charge on any atom is -0.370 e. The molecule has 106 valence electrons. The molecule has 0 bridgehead atoms. The van der Waals surface area contributed by atoms with E-state index in [2.05, 4.69) is 70.1 Å². The molecule has 2 rings (SSSR count). The fourth-order valence-corrected chi connectivity index (χ4v) is 4.35. The second-order valence-corrected chi connectivity index (χ2v) is 7.10. The number of nitrogens with one attached hydrogen (secondary N) is 1. The molecule has 1 aromatic rings. The summed E-state index contributed by atoms with van der Waals surface area (Å²) < 4.78 is 1.21. The maximum atomic E-state index is 3.73. The van der Waals surface area contributed by atoms with E-state index in [1.807, 2.05) is 0 Å². The average Bonchev–Trinajstić information content (AvgIpc) is 2.92. The molecule has 1 aliphatic heterocycles. The van der Waals surface area contributed by atoms with E-state index >= 15 is 0 Å². The summed E-state index contributed by atoms with van der Waals surface area (Å²) in [6.45, 7) is 4.23. The Hall–Kier alpha value is -0.190. The van der Waals surface area contributed by atoms with Gasteiger partial charge in [0, 0.05) is 29.9 Å². The van der Waals surface area contributed by atoms with E-state index in [-0.39, 0.29) is 0 Å². The maximum absolute atomic E-state index is 3.73. The van der Waals surface area contributed by atoms with Gasteiger partial charge in [0.15, 0.2) is 0 Å². The lowest BCUT2D eigenvalue weighted by molar-refractivity contribution is 0.674. The number of nitrogens with zero attached hydrogens (tertiary/aromatic N) is 1. The summed E-state index contributed by atoms with van der Waals surface area (Å²) in [6, 6.07) is 7.42. The van der Waals surface area contributed by atoms with Crippen LogP contribution in [0.1, 0.15) is 25.3 Å². The van der Waals surface area contributed by atoms with Gasteiger partial charge in [-0.25, -0.2) is 0 Å². The topological polar surface area (TPSA) is 15.3 Å². The summed E-state index contributed by atoms with van der Waals surface area (Å²) in [4.78, 5) is 2.42. The number of thioether (sulfide) groups is 1. The Kier molecular flexibility index (Phi) is 6.05. The fraction of sp³-hybridized carbons (Fsp3) is 0.600. The molecule has 4 heteroatoms. The van der Waals surface area contributed by atoms with E-state index in [0.717, 1.165) is 13.1 Å². The Balaban J connectivity index is 2.01. The average molecular weight is 343 g/mol. The van der Waals surface area contributed by atoms with Gasteiger partial charge in [0.1, 0.15) is 0 Å². The Bertz CT molecular complexity index is 405. The molecule has 1 heterocycles. The maximum Gasteiger partial charge on any atom is 0.0511 e. The lowest BCUT2D eigenvalue weighted by atomic mass is 10.1. The van der Waals surface area contributed by atoms with Gasteiger partial charge in [0.25, 0.3) is 0 Å². The lowest BCUT2D eigenvalue weighted by Gasteiger charge is -2.27. The minimum atomic E-state index is 0.686. The summed E-state index contributed by atoms with van der Waals surface area (Å²) >= 11 is 5.79. The first kappa shape index (κ1) is 15.2. The van der Waals surface area contributed by atoms with Crippen LogP contribution in [0, 0.1) is 0 Å². The highest BCUT2D eigenvalue weighted by atomic mass is 79.9. The SMILES string of the molecule is CCCNCc1ccc(N(C)C2CCSC2)c(Br)c1. The van der Waals surface area contributed by atoms with Gasteiger partial charge >= 0.3 is 0 Å². The van der Waals surface area contributed by atoms with E-state index in [9.17, 15) is 0 Å². The number of halogens is 1. The third kappa shape index (κ3) is 4.14. The standard InChI is InChI=1S/C15H23BrN2S/c1-3-7-17-10-12-4-5-15(14(16)9-12)18(2)13-6-8-19-11-13/h4-5,9,13,17H,3,6-8,10-11H2,1-2H3. The Labute approximate surface area is 129 Å². The molecule has 0 amide bonds. The van der Waals surface area contributed by atoms with Crippen molar-refractivity contribution in [1.29, 1.82) is 0 Å². The lowest BCUT2D eigenvalue weighted by Crippen LogP contribution is -2.31. The predicted octanol–water partition coefficient (Wildman–Crippen LogP) is 3.89. The second-order valence-electron chi connectivity index (χ2n) is 5.09. The highest BCUT2D eigenvalue weighted by Gasteiger charge is 2.21. The van der Waals surface area contributed by atoms with Crippen LogP contribution < -0.4 is 10.2 Å². The molecule has 1 fully saturated rings. The van der Waals surface area contributed by atoms with Crippen LogP contribution in [0.15, 0.2) is 22.7 Å². The summed E-state index contributed by atoms with van der Waals surface area (Å²) in [5, 5.41) is 3.44. The summed E-state index contributed by atoms with van der Waals surface area (Å²) in [5.74, 6) is 2.55.